The number of Topliss-reactive ketones (excluding diaryl/α,β-unsaturated/α-hetero) is 2. The van der Waals surface area contributed by atoms with Gasteiger partial charge in [0.1, 0.15) is 11.5 Å². The number of nitrogens with one attached hydrogen (secondary N) is 4. The van der Waals surface area contributed by atoms with Crippen molar-refractivity contribution in [2.24, 2.45) is 10.2 Å². The number of nitrogens with zero attached hydrogens (tertiary/aromatic N) is 2. The molecule has 270 valence electrons. The number of hydrazone groups is 2. The molecule has 0 unspecified atom stereocenters. The van der Waals surface area contributed by atoms with Gasteiger partial charge in [-0.05, 0) is 97.5 Å². The van der Waals surface area contributed by atoms with E-state index in [0.717, 1.165) is 35.1 Å². The number of hydrogen-bond donors (Lipinski definition) is 4. The molecule has 0 aliphatic carbocycles. The molecule has 12 nitrogen and oxygen atoms in total. The molecule has 0 aromatic heterocycles. The van der Waals surface area contributed by atoms with E-state index in [2.05, 4.69) is 31.7 Å². The third-order valence-electron chi connectivity index (χ3n) is 7.60. The number of rotatable bonds is 17. The highest BCUT2D eigenvalue weighted by atomic mass is 16.5. The second-order valence-corrected chi connectivity index (χ2v) is 11.9. The van der Waals surface area contributed by atoms with Crippen LogP contribution in [0.25, 0.3) is 11.1 Å². The molecule has 0 fully saturated rings. The summed E-state index contributed by atoms with van der Waals surface area (Å²) in [6.07, 6.45) is 1.48. The average Bonchev–Trinajstić information content (AvgIpc) is 3.11. The summed E-state index contributed by atoms with van der Waals surface area (Å²) < 4.78 is 12.2. The molecule has 0 saturated heterocycles. The fraction of sp³-hybridized carbons (Fsp3) is 0.250. The Morgan fingerprint density at radius 2 is 0.942 bits per heavy atom. The van der Waals surface area contributed by atoms with Gasteiger partial charge in [0.25, 0.3) is 11.8 Å². The second-order valence-electron chi connectivity index (χ2n) is 11.9. The Morgan fingerprint density at radius 3 is 1.27 bits per heavy atom. The van der Waals surface area contributed by atoms with Crippen LogP contribution >= 0.6 is 0 Å². The molecule has 0 aliphatic heterocycles. The van der Waals surface area contributed by atoms with Crippen LogP contribution in [0.1, 0.15) is 51.7 Å². The van der Waals surface area contributed by atoms with Gasteiger partial charge >= 0.3 is 0 Å². The van der Waals surface area contributed by atoms with Gasteiger partial charge in [0.2, 0.25) is 0 Å². The summed E-state index contributed by atoms with van der Waals surface area (Å²) in [7, 11) is 0. The van der Waals surface area contributed by atoms with Crippen molar-refractivity contribution in [1.29, 1.82) is 0 Å². The molecule has 4 aromatic rings. The number of ketones is 2. The first-order valence-corrected chi connectivity index (χ1v) is 17.0. The van der Waals surface area contributed by atoms with Gasteiger partial charge in [-0.3, -0.25) is 30.0 Å². The van der Waals surface area contributed by atoms with Crippen LogP contribution in [-0.2, 0) is 19.2 Å². The predicted molar refractivity (Wildman–Crippen MR) is 207 cm³/mol. The Bertz CT molecular complexity index is 1830. The average molecular weight is 705 g/mol. The molecule has 0 bridgehead atoms. The molecule has 12 heteroatoms. The Morgan fingerprint density at radius 1 is 0.577 bits per heavy atom. The van der Waals surface area contributed by atoms with Gasteiger partial charge in [0, 0.05) is 25.2 Å². The maximum absolute atomic E-state index is 12.9. The SMILES string of the molecule is CCCOc1cc(-c2cc(OCCC)c(N/N=C(\C(C)=O)C(=O)Nc3ccccc3)cc2C)c(C)cc1N/N=C(\C(C)=O)C(=O)Nc1ccccc1. The van der Waals surface area contributed by atoms with E-state index in [1.54, 1.807) is 48.5 Å². The van der Waals surface area contributed by atoms with Crippen molar-refractivity contribution in [3.63, 3.8) is 0 Å². The van der Waals surface area contributed by atoms with Gasteiger partial charge in [0.05, 0.1) is 24.6 Å². The minimum absolute atomic E-state index is 0.295. The van der Waals surface area contributed by atoms with E-state index < -0.39 is 23.4 Å². The third-order valence-corrected chi connectivity index (χ3v) is 7.60. The third kappa shape index (κ3) is 10.4. The summed E-state index contributed by atoms with van der Waals surface area (Å²) in [6, 6.07) is 25.0. The summed E-state index contributed by atoms with van der Waals surface area (Å²) >= 11 is 0. The first-order valence-electron chi connectivity index (χ1n) is 17.0. The van der Waals surface area contributed by atoms with Gasteiger partial charge in [-0.15, -0.1) is 0 Å². The molecule has 0 atom stereocenters. The fourth-order valence-corrected chi connectivity index (χ4v) is 5.03. The number of anilines is 4. The minimum atomic E-state index is -0.643. The number of carbonyl (C=O) groups excluding carboxylic acids is 4. The largest absolute Gasteiger partial charge is 0.491 e. The first kappa shape index (κ1) is 38.5. The van der Waals surface area contributed by atoms with E-state index in [1.165, 1.54) is 13.8 Å². The zero-order valence-electron chi connectivity index (χ0n) is 30.3. The first-order chi connectivity index (χ1) is 25.0. The van der Waals surface area contributed by atoms with Crippen LogP contribution in [0.4, 0.5) is 22.7 Å². The quantitative estimate of drug-likeness (QED) is 0.0498. The summed E-state index contributed by atoms with van der Waals surface area (Å²) in [5, 5.41) is 13.8. The lowest BCUT2D eigenvalue weighted by atomic mass is 9.95. The fourth-order valence-electron chi connectivity index (χ4n) is 5.03. The zero-order valence-corrected chi connectivity index (χ0v) is 30.3. The lowest BCUT2D eigenvalue weighted by Gasteiger charge is -2.19. The number of ether oxygens (including phenoxy) is 2. The molecule has 4 rings (SSSR count). The van der Waals surface area contributed by atoms with Crippen molar-refractivity contribution >= 4 is 57.6 Å². The predicted octanol–water partition coefficient (Wildman–Crippen LogP) is 7.54. The highest BCUT2D eigenvalue weighted by Crippen LogP contribution is 2.40. The van der Waals surface area contributed by atoms with Crippen molar-refractivity contribution in [2.75, 3.05) is 34.7 Å². The van der Waals surface area contributed by atoms with E-state index in [9.17, 15) is 19.2 Å². The van der Waals surface area contributed by atoms with Gasteiger partial charge in [-0.1, -0.05) is 50.2 Å². The van der Waals surface area contributed by atoms with Crippen LogP contribution in [0.15, 0.2) is 95.1 Å². The highest BCUT2D eigenvalue weighted by Gasteiger charge is 2.21. The minimum Gasteiger partial charge on any atom is -0.491 e. The van der Waals surface area contributed by atoms with Crippen LogP contribution in [0.2, 0.25) is 0 Å². The number of benzene rings is 4. The normalized spacial score (nSPS) is 11.3. The van der Waals surface area contributed by atoms with Gasteiger partial charge in [-0.2, -0.15) is 10.2 Å². The standard InChI is InChI=1S/C40H44N6O6/c1-7-19-51-35-23-31(25(3)21-33(35)43-45-37(27(5)47)39(49)41-29-15-11-9-12-16-29)32-24-36(52-20-8-2)34(22-26(32)4)44-46-38(28(6)48)40(50)42-30-17-13-10-14-18-30/h9-18,21-24,43-44H,7-8,19-20H2,1-6H3,(H,41,49)(H,42,50)/b45-37+,46-38+. The summed E-state index contributed by atoms with van der Waals surface area (Å²) in [5.74, 6) is -1.37. The summed E-state index contributed by atoms with van der Waals surface area (Å²) in [5.41, 5.74) is 10.6. The monoisotopic (exact) mass is 704 g/mol. The Balaban J connectivity index is 1.68. The van der Waals surface area contributed by atoms with Crippen LogP contribution in [-0.4, -0.2) is 48.0 Å². The number of amides is 2. The molecule has 0 heterocycles. The number of para-hydroxylation sites is 2. The lowest BCUT2D eigenvalue weighted by Crippen LogP contribution is -2.29. The van der Waals surface area contributed by atoms with Crippen LogP contribution in [0.5, 0.6) is 11.5 Å². The van der Waals surface area contributed by atoms with Crippen molar-refractivity contribution in [3.8, 4) is 22.6 Å². The summed E-state index contributed by atoms with van der Waals surface area (Å²) in [4.78, 5) is 50.7. The maximum Gasteiger partial charge on any atom is 0.279 e. The molecule has 0 spiro atoms. The van der Waals surface area contributed by atoms with Gasteiger partial charge < -0.3 is 20.1 Å². The molecule has 2 amide bonds. The molecular weight excluding hydrogens is 660 g/mol. The van der Waals surface area contributed by atoms with E-state index in [0.29, 0.717) is 47.5 Å². The molecule has 4 N–H and O–H groups in total. The molecule has 0 saturated carbocycles. The Hall–Kier alpha value is -6.30. The zero-order chi connectivity index (χ0) is 37.6. The van der Waals surface area contributed by atoms with Crippen molar-refractivity contribution < 1.29 is 28.7 Å². The number of carbonyl (C=O) groups is 4. The van der Waals surface area contributed by atoms with Crippen molar-refractivity contribution in [2.45, 2.75) is 54.4 Å². The second kappa shape index (κ2) is 18.6. The molecule has 4 aromatic carbocycles. The summed E-state index contributed by atoms with van der Waals surface area (Å²) in [6.45, 7) is 11.2. The van der Waals surface area contributed by atoms with Gasteiger partial charge in [0.15, 0.2) is 23.0 Å². The van der Waals surface area contributed by atoms with E-state index in [1.807, 2.05) is 64.1 Å². The Labute approximate surface area is 303 Å². The number of hydrogen-bond acceptors (Lipinski definition) is 10. The highest BCUT2D eigenvalue weighted by molar-refractivity contribution is 6.67. The smallest absolute Gasteiger partial charge is 0.279 e. The van der Waals surface area contributed by atoms with Crippen LogP contribution in [0, 0.1) is 13.8 Å². The Kier molecular flexibility index (Phi) is 13.8. The van der Waals surface area contributed by atoms with Crippen molar-refractivity contribution in [3.05, 3.63) is 96.1 Å². The molecule has 0 radical (unpaired) electrons. The van der Waals surface area contributed by atoms with E-state index in [-0.39, 0.29) is 11.4 Å². The van der Waals surface area contributed by atoms with Gasteiger partial charge in [-0.25, -0.2) is 0 Å². The molecular formula is C40H44N6O6. The molecule has 0 aliphatic rings. The maximum atomic E-state index is 12.9. The topological polar surface area (TPSA) is 160 Å². The lowest BCUT2D eigenvalue weighted by molar-refractivity contribution is -0.116. The number of aryl methyl sites for hydroxylation is 2. The van der Waals surface area contributed by atoms with Crippen LogP contribution < -0.4 is 31.0 Å². The van der Waals surface area contributed by atoms with Crippen LogP contribution in [0.3, 0.4) is 0 Å². The van der Waals surface area contributed by atoms with E-state index >= 15 is 0 Å². The van der Waals surface area contributed by atoms with E-state index in [4.69, 9.17) is 9.47 Å². The molecule has 52 heavy (non-hydrogen) atoms. The van der Waals surface area contributed by atoms with Crippen molar-refractivity contribution in [1.82, 2.24) is 0 Å².